The highest BCUT2D eigenvalue weighted by Crippen LogP contribution is 2.32. The van der Waals surface area contributed by atoms with Gasteiger partial charge in [0.15, 0.2) is 0 Å². The van der Waals surface area contributed by atoms with Gasteiger partial charge in [0.2, 0.25) is 0 Å². The summed E-state index contributed by atoms with van der Waals surface area (Å²) in [5.74, 6) is 0.259. The monoisotopic (exact) mass is 373 g/mol. The van der Waals surface area contributed by atoms with Crippen molar-refractivity contribution in [2.24, 2.45) is 0 Å². The molecule has 0 heterocycles. The molecule has 4 nitrogen and oxygen atoms in total. The molecule has 1 N–H and O–H groups in total. The van der Waals surface area contributed by atoms with E-state index in [1.807, 2.05) is 13.8 Å². The molecule has 2 aromatic rings. The molecule has 0 unspecified atom stereocenters. The minimum absolute atomic E-state index is 0.0324. The molecule has 0 fully saturated rings. The second-order valence-electron chi connectivity index (χ2n) is 5.75. The molecular formula is C17H18F3NO3S. The number of alkyl halides is 3. The first-order chi connectivity index (χ1) is 11.5. The first-order valence-corrected chi connectivity index (χ1v) is 8.91. The standard InChI is InChI=1S/C17H18F3NO3S/c1-11(2)12-4-9-15(24-3)16(10-12)25(22,23)21-14-7-5-13(6-8-14)17(18,19)20/h4-11,21H,1-3H3. The second kappa shape index (κ2) is 6.95. The normalized spacial score (nSPS) is 12.3. The van der Waals surface area contributed by atoms with Gasteiger partial charge in [0.1, 0.15) is 10.6 Å². The van der Waals surface area contributed by atoms with Gasteiger partial charge in [-0.2, -0.15) is 13.2 Å². The number of anilines is 1. The van der Waals surface area contributed by atoms with Crippen LogP contribution in [0.3, 0.4) is 0 Å². The van der Waals surface area contributed by atoms with Crippen LogP contribution >= 0.6 is 0 Å². The lowest BCUT2D eigenvalue weighted by Gasteiger charge is -2.15. The maximum Gasteiger partial charge on any atom is 0.416 e. The molecule has 0 saturated heterocycles. The number of rotatable bonds is 5. The van der Waals surface area contributed by atoms with Crippen LogP contribution in [0.25, 0.3) is 0 Å². The summed E-state index contributed by atoms with van der Waals surface area (Å²) in [7, 11) is -2.67. The number of ether oxygens (including phenoxy) is 1. The fraction of sp³-hybridized carbons (Fsp3) is 0.294. The molecule has 0 spiro atoms. The van der Waals surface area contributed by atoms with Crippen molar-refractivity contribution >= 4 is 15.7 Å². The Bertz CT molecular complexity index is 844. The first kappa shape index (κ1) is 19.1. The van der Waals surface area contributed by atoms with Gasteiger partial charge in [-0.15, -0.1) is 0 Å². The maximum atomic E-state index is 12.6. The van der Waals surface area contributed by atoms with E-state index >= 15 is 0 Å². The molecule has 0 aliphatic carbocycles. The predicted molar refractivity (Wildman–Crippen MR) is 89.3 cm³/mol. The summed E-state index contributed by atoms with van der Waals surface area (Å²) in [4.78, 5) is -0.0684. The quantitative estimate of drug-likeness (QED) is 0.831. The molecule has 0 amide bonds. The van der Waals surface area contributed by atoms with E-state index < -0.39 is 21.8 Å². The van der Waals surface area contributed by atoms with Gasteiger partial charge < -0.3 is 4.74 Å². The summed E-state index contributed by atoms with van der Waals surface area (Å²) in [6.07, 6.45) is -4.48. The van der Waals surface area contributed by atoms with Crippen molar-refractivity contribution in [1.82, 2.24) is 0 Å². The molecule has 8 heteroatoms. The number of methoxy groups -OCH3 is 1. The average Bonchev–Trinajstić information content (AvgIpc) is 2.53. The van der Waals surface area contributed by atoms with Gasteiger partial charge in [-0.25, -0.2) is 8.42 Å². The minimum atomic E-state index is -4.48. The SMILES string of the molecule is COc1ccc(C(C)C)cc1S(=O)(=O)Nc1ccc(C(F)(F)F)cc1. The third-order valence-electron chi connectivity index (χ3n) is 3.61. The highest BCUT2D eigenvalue weighted by Gasteiger charge is 2.30. The van der Waals surface area contributed by atoms with Crippen LogP contribution in [-0.2, 0) is 16.2 Å². The van der Waals surface area contributed by atoms with Gasteiger partial charge in [0, 0.05) is 5.69 Å². The van der Waals surface area contributed by atoms with Crippen LogP contribution in [0.1, 0.15) is 30.9 Å². The molecule has 0 aliphatic heterocycles. The number of halogens is 3. The Morgan fingerprint density at radius 2 is 1.64 bits per heavy atom. The molecule has 0 bridgehead atoms. The summed E-state index contributed by atoms with van der Waals surface area (Å²) in [6, 6.07) is 8.59. The summed E-state index contributed by atoms with van der Waals surface area (Å²) in [5.41, 5.74) is -0.0200. The Hall–Kier alpha value is -2.22. The van der Waals surface area contributed by atoms with E-state index in [9.17, 15) is 21.6 Å². The number of nitrogens with one attached hydrogen (secondary N) is 1. The van der Waals surface area contributed by atoms with Gasteiger partial charge >= 0.3 is 6.18 Å². The molecule has 0 atom stereocenters. The van der Waals surface area contributed by atoms with Crippen LogP contribution in [0, 0.1) is 0 Å². The Balaban J connectivity index is 2.37. The van der Waals surface area contributed by atoms with Crippen LogP contribution in [0.2, 0.25) is 0 Å². The van der Waals surface area contributed by atoms with Crippen molar-refractivity contribution in [1.29, 1.82) is 0 Å². The fourth-order valence-electron chi connectivity index (χ4n) is 2.20. The van der Waals surface area contributed by atoms with Gasteiger partial charge in [-0.1, -0.05) is 19.9 Å². The summed E-state index contributed by atoms with van der Waals surface area (Å²) >= 11 is 0. The zero-order valence-electron chi connectivity index (χ0n) is 13.9. The number of hydrogen-bond acceptors (Lipinski definition) is 3. The zero-order chi connectivity index (χ0) is 18.8. The van der Waals surface area contributed by atoms with Crippen LogP contribution in [0.15, 0.2) is 47.4 Å². The maximum absolute atomic E-state index is 12.6. The Labute approximate surface area is 144 Å². The van der Waals surface area contributed by atoms with Crippen molar-refractivity contribution < 1.29 is 26.3 Å². The van der Waals surface area contributed by atoms with Gasteiger partial charge in [0.25, 0.3) is 10.0 Å². The average molecular weight is 373 g/mol. The lowest BCUT2D eigenvalue weighted by Crippen LogP contribution is -2.15. The molecular weight excluding hydrogens is 355 g/mol. The topological polar surface area (TPSA) is 55.4 Å². The van der Waals surface area contributed by atoms with E-state index in [0.29, 0.717) is 0 Å². The van der Waals surface area contributed by atoms with Crippen LogP contribution < -0.4 is 9.46 Å². The minimum Gasteiger partial charge on any atom is -0.495 e. The number of hydrogen-bond donors (Lipinski definition) is 1. The molecule has 2 aromatic carbocycles. The smallest absolute Gasteiger partial charge is 0.416 e. The Morgan fingerprint density at radius 1 is 1.04 bits per heavy atom. The van der Waals surface area contributed by atoms with Gasteiger partial charge in [-0.05, 0) is 47.9 Å². The lowest BCUT2D eigenvalue weighted by molar-refractivity contribution is -0.137. The van der Waals surface area contributed by atoms with Crippen molar-refractivity contribution in [3.8, 4) is 5.75 Å². The lowest BCUT2D eigenvalue weighted by atomic mass is 10.0. The van der Waals surface area contributed by atoms with Crippen LogP contribution in [-0.4, -0.2) is 15.5 Å². The molecule has 0 aliphatic rings. The van der Waals surface area contributed by atoms with Crippen molar-refractivity contribution in [3.05, 3.63) is 53.6 Å². The van der Waals surface area contributed by atoms with Gasteiger partial charge in [0.05, 0.1) is 12.7 Å². The largest absolute Gasteiger partial charge is 0.495 e. The van der Waals surface area contributed by atoms with Crippen molar-refractivity contribution in [2.75, 3.05) is 11.8 Å². The zero-order valence-corrected chi connectivity index (χ0v) is 14.7. The van der Waals surface area contributed by atoms with Crippen LogP contribution in [0.4, 0.5) is 18.9 Å². The highest BCUT2D eigenvalue weighted by molar-refractivity contribution is 7.92. The second-order valence-corrected chi connectivity index (χ2v) is 7.40. The third kappa shape index (κ3) is 4.45. The summed E-state index contributed by atoms with van der Waals surface area (Å²) < 4.78 is 70.4. The predicted octanol–water partition coefficient (Wildman–Crippen LogP) is 4.64. The van der Waals surface area contributed by atoms with E-state index in [0.717, 1.165) is 29.8 Å². The Kier molecular flexibility index (Phi) is 5.31. The number of benzene rings is 2. The Morgan fingerprint density at radius 3 is 2.12 bits per heavy atom. The molecule has 0 aromatic heterocycles. The van der Waals surface area contributed by atoms with E-state index in [-0.39, 0.29) is 22.3 Å². The van der Waals surface area contributed by atoms with Crippen LogP contribution in [0.5, 0.6) is 5.75 Å². The molecule has 2 rings (SSSR count). The van der Waals surface area contributed by atoms with E-state index in [1.165, 1.54) is 13.2 Å². The molecule has 0 saturated carbocycles. The molecule has 25 heavy (non-hydrogen) atoms. The van der Waals surface area contributed by atoms with Crippen molar-refractivity contribution in [3.63, 3.8) is 0 Å². The van der Waals surface area contributed by atoms with Crippen molar-refractivity contribution in [2.45, 2.75) is 30.8 Å². The highest BCUT2D eigenvalue weighted by atomic mass is 32.2. The van der Waals surface area contributed by atoms with E-state index in [2.05, 4.69) is 4.72 Å². The summed E-state index contributed by atoms with van der Waals surface area (Å²) in [6.45, 7) is 3.84. The first-order valence-electron chi connectivity index (χ1n) is 7.42. The molecule has 136 valence electrons. The van der Waals surface area contributed by atoms with E-state index in [4.69, 9.17) is 4.74 Å². The fourth-order valence-corrected chi connectivity index (χ4v) is 3.46. The summed E-state index contributed by atoms with van der Waals surface area (Å²) in [5, 5.41) is 0. The molecule has 0 radical (unpaired) electrons. The number of sulfonamides is 1. The van der Waals surface area contributed by atoms with E-state index in [1.54, 1.807) is 12.1 Å². The third-order valence-corrected chi connectivity index (χ3v) is 5.01. The van der Waals surface area contributed by atoms with Gasteiger partial charge in [-0.3, -0.25) is 4.72 Å².